The molecule has 8 nitrogen and oxygen atoms in total. The molecule has 1 fully saturated rings. The molecule has 78 valence electrons. The van der Waals surface area contributed by atoms with E-state index in [2.05, 4.69) is 35.7 Å². The van der Waals surface area contributed by atoms with Gasteiger partial charge in [-0.3, -0.25) is 0 Å². The van der Waals surface area contributed by atoms with Crippen LogP contribution in [0.1, 0.15) is 12.8 Å². The van der Waals surface area contributed by atoms with Crippen LogP contribution in [0.15, 0.2) is 4.42 Å². The molecule has 15 heavy (non-hydrogen) atoms. The number of tetrazole rings is 1. The maximum atomic E-state index is 5.44. The number of rotatable bonds is 2. The Morgan fingerprint density at radius 3 is 2.73 bits per heavy atom. The van der Waals surface area contributed by atoms with E-state index in [0.717, 1.165) is 13.1 Å². The number of hydrogen-bond donors (Lipinski definition) is 1. The second-order valence-electron chi connectivity index (χ2n) is 3.33. The fourth-order valence-electron chi connectivity index (χ4n) is 1.60. The van der Waals surface area contributed by atoms with Gasteiger partial charge >= 0.3 is 6.01 Å². The summed E-state index contributed by atoms with van der Waals surface area (Å²) in [4.78, 5) is 2.06. The van der Waals surface area contributed by atoms with Gasteiger partial charge in [0.15, 0.2) is 0 Å². The minimum absolute atomic E-state index is 0.321. The molecule has 0 amide bonds. The number of aromatic nitrogens is 6. The Hall–Kier alpha value is -1.99. The molecular formula is C7H9N7O. The lowest BCUT2D eigenvalue weighted by atomic mass is 10.4. The highest BCUT2D eigenvalue weighted by Crippen LogP contribution is 2.21. The summed E-state index contributed by atoms with van der Waals surface area (Å²) < 4.78 is 5.44. The van der Waals surface area contributed by atoms with Crippen LogP contribution >= 0.6 is 0 Å². The van der Waals surface area contributed by atoms with Crippen molar-refractivity contribution in [1.29, 1.82) is 0 Å². The molecule has 2 aromatic rings. The molecule has 1 saturated heterocycles. The quantitative estimate of drug-likeness (QED) is 0.731. The van der Waals surface area contributed by atoms with Crippen molar-refractivity contribution in [1.82, 2.24) is 30.8 Å². The van der Waals surface area contributed by atoms with Crippen molar-refractivity contribution in [2.45, 2.75) is 12.8 Å². The molecule has 1 N–H and O–H groups in total. The molecule has 1 aliphatic heterocycles. The zero-order chi connectivity index (χ0) is 10.1. The minimum atomic E-state index is 0.321. The molecule has 2 aromatic heterocycles. The van der Waals surface area contributed by atoms with Crippen LogP contribution in [0.3, 0.4) is 0 Å². The van der Waals surface area contributed by atoms with E-state index in [9.17, 15) is 0 Å². The summed E-state index contributed by atoms with van der Waals surface area (Å²) >= 11 is 0. The summed E-state index contributed by atoms with van der Waals surface area (Å²) in [6.45, 7) is 1.94. The minimum Gasteiger partial charge on any atom is -0.400 e. The van der Waals surface area contributed by atoms with Crippen molar-refractivity contribution < 1.29 is 4.42 Å². The zero-order valence-corrected chi connectivity index (χ0v) is 7.92. The molecule has 0 radical (unpaired) electrons. The van der Waals surface area contributed by atoms with Crippen LogP contribution in [0.4, 0.5) is 6.01 Å². The Kier molecular flexibility index (Phi) is 1.83. The zero-order valence-electron chi connectivity index (χ0n) is 7.92. The molecule has 3 heterocycles. The van der Waals surface area contributed by atoms with Gasteiger partial charge in [0.05, 0.1) is 0 Å². The van der Waals surface area contributed by atoms with E-state index in [4.69, 9.17) is 4.42 Å². The van der Waals surface area contributed by atoms with Gasteiger partial charge in [0.2, 0.25) is 5.82 Å². The van der Waals surface area contributed by atoms with Crippen LogP contribution in [0.25, 0.3) is 11.7 Å². The normalized spacial score (nSPS) is 16.1. The average molecular weight is 207 g/mol. The van der Waals surface area contributed by atoms with Gasteiger partial charge < -0.3 is 9.32 Å². The molecule has 0 saturated carbocycles. The predicted molar refractivity (Wildman–Crippen MR) is 48.9 cm³/mol. The first-order chi connectivity index (χ1) is 7.43. The first kappa shape index (κ1) is 8.33. The van der Waals surface area contributed by atoms with Crippen LogP contribution in [-0.4, -0.2) is 43.9 Å². The topological polar surface area (TPSA) is 96.6 Å². The Labute approximate surface area is 84.7 Å². The monoisotopic (exact) mass is 207 g/mol. The van der Waals surface area contributed by atoms with Gasteiger partial charge in [0.1, 0.15) is 0 Å². The van der Waals surface area contributed by atoms with Gasteiger partial charge in [0, 0.05) is 13.1 Å². The summed E-state index contributed by atoms with van der Waals surface area (Å²) in [6, 6.07) is 0.541. The van der Waals surface area contributed by atoms with E-state index in [1.807, 2.05) is 0 Å². The Balaban J connectivity index is 1.87. The lowest BCUT2D eigenvalue weighted by Gasteiger charge is -2.09. The van der Waals surface area contributed by atoms with Gasteiger partial charge in [-0.1, -0.05) is 5.10 Å². The van der Waals surface area contributed by atoms with Gasteiger partial charge in [-0.05, 0) is 23.3 Å². The molecule has 3 rings (SSSR count). The molecule has 0 atom stereocenters. The molecule has 0 aliphatic carbocycles. The van der Waals surface area contributed by atoms with Crippen molar-refractivity contribution >= 4 is 6.01 Å². The van der Waals surface area contributed by atoms with Crippen molar-refractivity contribution in [3.8, 4) is 11.7 Å². The van der Waals surface area contributed by atoms with E-state index in [-0.39, 0.29) is 0 Å². The summed E-state index contributed by atoms with van der Waals surface area (Å²) in [5, 5.41) is 21.0. The van der Waals surface area contributed by atoms with E-state index in [1.165, 1.54) is 12.8 Å². The third kappa shape index (κ3) is 1.43. The maximum absolute atomic E-state index is 5.44. The van der Waals surface area contributed by atoms with Crippen molar-refractivity contribution in [3.63, 3.8) is 0 Å². The van der Waals surface area contributed by atoms with Gasteiger partial charge in [-0.25, -0.2) is 5.10 Å². The number of anilines is 1. The smallest absolute Gasteiger partial charge is 0.318 e. The summed E-state index contributed by atoms with van der Waals surface area (Å²) in [5.41, 5.74) is 0. The van der Waals surface area contributed by atoms with Crippen LogP contribution in [0.5, 0.6) is 0 Å². The van der Waals surface area contributed by atoms with E-state index in [1.54, 1.807) is 0 Å². The van der Waals surface area contributed by atoms with Crippen LogP contribution in [-0.2, 0) is 0 Å². The molecule has 0 aromatic carbocycles. The lowest BCUT2D eigenvalue weighted by molar-refractivity contribution is 0.553. The first-order valence-electron chi connectivity index (χ1n) is 4.76. The number of nitrogens with zero attached hydrogens (tertiary/aromatic N) is 6. The Morgan fingerprint density at radius 2 is 2.00 bits per heavy atom. The van der Waals surface area contributed by atoms with Crippen molar-refractivity contribution in [2.24, 2.45) is 0 Å². The van der Waals surface area contributed by atoms with Crippen molar-refractivity contribution in [2.75, 3.05) is 18.0 Å². The second-order valence-corrected chi connectivity index (χ2v) is 3.33. The molecule has 0 bridgehead atoms. The molecule has 1 aliphatic rings. The van der Waals surface area contributed by atoms with Gasteiger partial charge in [0.25, 0.3) is 5.89 Å². The first-order valence-corrected chi connectivity index (χ1v) is 4.76. The van der Waals surface area contributed by atoms with Crippen molar-refractivity contribution in [3.05, 3.63) is 0 Å². The highest BCUT2D eigenvalue weighted by atomic mass is 16.4. The second kappa shape index (κ2) is 3.30. The van der Waals surface area contributed by atoms with Gasteiger partial charge in [-0.2, -0.15) is 0 Å². The third-order valence-corrected chi connectivity index (χ3v) is 2.34. The number of nitrogens with one attached hydrogen (secondary N) is 1. The fraction of sp³-hybridized carbons (Fsp3) is 0.571. The van der Waals surface area contributed by atoms with E-state index >= 15 is 0 Å². The Morgan fingerprint density at radius 1 is 1.13 bits per heavy atom. The van der Waals surface area contributed by atoms with Crippen LogP contribution in [0, 0.1) is 0 Å². The lowest BCUT2D eigenvalue weighted by Crippen LogP contribution is -2.17. The fourth-order valence-corrected chi connectivity index (χ4v) is 1.60. The molecule has 0 spiro atoms. The number of aromatic amines is 1. The highest BCUT2D eigenvalue weighted by Gasteiger charge is 2.19. The number of hydrogen-bond acceptors (Lipinski definition) is 7. The SMILES string of the molecule is C1CCN(c2nnc(-c3nnn[nH]3)o2)C1. The van der Waals surface area contributed by atoms with Crippen LogP contribution in [0.2, 0.25) is 0 Å². The number of H-pyrrole nitrogens is 1. The highest BCUT2D eigenvalue weighted by molar-refractivity contribution is 5.40. The maximum Gasteiger partial charge on any atom is 0.318 e. The average Bonchev–Trinajstić information content (AvgIpc) is 3.02. The third-order valence-electron chi connectivity index (χ3n) is 2.34. The molecule has 8 heteroatoms. The summed E-state index contributed by atoms with van der Waals surface area (Å²) in [6.07, 6.45) is 2.34. The Bertz CT molecular complexity index is 430. The largest absolute Gasteiger partial charge is 0.400 e. The van der Waals surface area contributed by atoms with Gasteiger partial charge in [-0.15, -0.1) is 10.2 Å². The van der Waals surface area contributed by atoms with E-state index in [0.29, 0.717) is 17.7 Å². The standard InChI is InChI=1S/C7H9N7O/c1-2-4-14(3-1)7-11-10-6(15-7)5-8-12-13-9-5/h1-4H2,(H,8,9,12,13). The summed E-state index contributed by atoms with van der Waals surface area (Å²) in [7, 11) is 0. The molecular weight excluding hydrogens is 198 g/mol. The van der Waals surface area contributed by atoms with E-state index < -0.39 is 0 Å². The predicted octanol–water partition coefficient (Wildman–Crippen LogP) is -0.150. The van der Waals surface area contributed by atoms with Crippen LogP contribution < -0.4 is 4.90 Å². The summed E-state index contributed by atoms with van der Waals surface area (Å²) in [5.74, 6) is 0.717. The molecule has 0 unspecified atom stereocenters.